The molecule has 5 nitrogen and oxygen atoms in total. The topological polar surface area (TPSA) is 70.9 Å². The SMILES string of the molecule is O=C(CCC1=NC(=O)C2C(=N1)SC1=C2CCCCC1)Nc1ccc(F)cc1F. The second-order valence-electron chi connectivity index (χ2n) is 7.03. The fraction of sp³-hybridized carbons (Fsp3) is 0.400. The van der Waals surface area contributed by atoms with Crippen LogP contribution in [0, 0.1) is 17.6 Å². The number of rotatable bonds is 4. The zero-order valence-electron chi connectivity index (χ0n) is 15.1. The number of anilines is 1. The van der Waals surface area contributed by atoms with Gasteiger partial charge in [0, 0.05) is 18.9 Å². The first-order chi connectivity index (χ1) is 13.5. The number of halogens is 2. The number of fused-ring (bicyclic) bond motifs is 2. The summed E-state index contributed by atoms with van der Waals surface area (Å²) in [5.74, 6) is -2.20. The Balaban J connectivity index is 1.38. The van der Waals surface area contributed by atoms with Crippen molar-refractivity contribution in [1.82, 2.24) is 0 Å². The second-order valence-corrected chi connectivity index (χ2v) is 8.15. The molecule has 1 unspecified atom stereocenters. The third-order valence-electron chi connectivity index (χ3n) is 5.04. The molecule has 1 atom stereocenters. The van der Waals surface area contributed by atoms with Gasteiger partial charge in [-0.15, -0.1) is 0 Å². The molecule has 8 heteroatoms. The molecule has 0 saturated heterocycles. The summed E-state index contributed by atoms with van der Waals surface area (Å²) >= 11 is 1.58. The molecule has 2 aliphatic heterocycles. The second kappa shape index (κ2) is 7.95. The number of allylic oxidation sites excluding steroid dienone is 1. The molecule has 3 aliphatic rings. The summed E-state index contributed by atoms with van der Waals surface area (Å²) in [5.41, 5.74) is 1.09. The number of carbonyl (C=O) groups excluding carboxylic acids is 2. The average Bonchev–Trinajstić information content (AvgIpc) is 2.84. The molecule has 1 aliphatic carbocycles. The van der Waals surface area contributed by atoms with Crippen LogP contribution in [0.5, 0.6) is 0 Å². The normalized spacial score (nSPS) is 21.5. The van der Waals surface area contributed by atoms with E-state index in [9.17, 15) is 18.4 Å². The van der Waals surface area contributed by atoms with E-state index in [1.807, 2.05) is 0 Å². The molecule has 2 heterocycles. The Morgan fingerprint density at radius 2 is 2.00 bits per heavy atom. The fourth-order valence-electron chi connectivity index (χ4n) is 3.66. The molecule has 146 valence electrons. The van der Waals surface area contributed by atoms with Gasteiger partial charge in [0.15, 0.2) is 0 Å². The van der Waals surface area contributed by atoms with Crippen molar-refractivity contribution < 1.29 is 18.4 Å². The van der Waals surface area contributed by atoms with Gasteiger partial charge in [0.2, 0.25) is 5.91 Å². The van der Waals surface area contributed by atoms with Crippen molar-refractivity contribution in [2.75, 3.05) is 5.32 Å². The lowest BCUT2D eigenvalue weighted by Gasteiger charge is -2.16. The number of hydrogen-bond acceptors (Lipinski definition) is 4. The van der Waals surface area contributed by atoms with Gasteiger partial charge >= 0.3 is 0 Å². The summed E-state index contributed by atoms with van der Waals surface area (Å²) < 4.78 is 26.6. The van der Waals surface area contributed by atoms with Crippen LogP contribution in [0.4, 0.5) is 14.5 Å². The van der Waals surface area contributed by atoms with Crippen LogP contribution in [0.2, 0.25) is 0 Å². The number of carbonyl (C=O) groups is 2. The van der Waals surface area contributed by atoms with Gasteiger partial charge in [-0.05, 0) is 48.3 Å². The number of amides is 2. The molecular weight excluding hydrogens is 384 g/mol. The monoisotopic (exact) mass is 403 g/mol. The highest BCUT2D eigenvalue weighted by molar-refractivity contribution is 8.17. The van der Waals surface area contributed by atoms with Crippen molar-refractivity contribution in [3.05, 3.63) is 40.3 Å². The Labute approximate surface area is 165 Å². The Morgan fingerprint density at radius 1 is 1.18 bits per heavy atom. The largest absolute Gasteiger partial charge is 0.324 e. The minimum Gasteiger partial charge on any atom is -0.324 e. The molecule has 0 bridgehead atoms. The summed E-state index contributed by atoms with van der Waals surface area (Å²) in [5, 5.41) is 3.17. The van der Waals surface area contributed by atoms with Gasteiger partial charge in [-0.3, -0.25) is 9.59 Å². The molecular formula is C20H19F2N3O2S. The van der Waals surface area contributed by atoms with E-state index in [4.69, 9.17) is 0 Å². The highest BCUT2D eigenvalue weighted by Gasteiger charge is 2.39. The maximum atomic E-state index is 13.6. The van der Waals surface area contributed by atoms with Crippen LogP contribution < -0.4 is 5.32 Å². The number of thioether (sulfide) groups is 1. The van der Waals surface area contributed by atoms with E-state index in [2.05, 4.69) is 15.3 Å². The molecule has 1 N–H and O–H groups in total. The van der Waals surface area contributed by atoms with Crippen LogP contribution in [-0.2, 0) is 9.59 Å². The molecule has 0 aromatic heterocycles. The van der Waals surface area contributed by atoms with Crippen molar-refractivity contribution in [2.24, 2.45) is 15.9 Å². The van der Waals surface area contributed by atoms with Crippen LogP contribution >= 0.6 is 11.8 Å². The van der Waals surface area contributed by atoms with Gasteiger partial charge < -0.3 is 5.32 Å². The number of amidine groups is 1. The first-order valence-corrected chi connectivity index (χ1v) is 10.2. The molecule has 1 aromatic carbocycles. The lowest BCUT2D eigenvalue weighted by Crippen LogP contribution is -2.26. The van der Waals surface area contributed by atoms with Gasteiger partial charge in [-0.25, -0.2) is 13.8 Å². The lowest BCUT2D eigenvalue weighted by atomic mass is 9.94. The van der Waals surface area contributed by atoms with Crippen LogP contribution in [0.1, 0.15) is 44.9 Å². The smallest absolute Gasteiger partial charge is 0.261 e. The summed E-state index contributed by atoms with van der Waals surface area (Å²) in [6, 6.07) is 2.95. The van der Waals surface area contributed by atoms with E-state index < -0.39 is 17.5 Å². The van der Waals surface area contributed by atoms with E-state index in [0.717, 1.165) is 36.8 Å². The number of aliphatic imine (C=N–C) groups is 2. The predicted octanol–water partition coefficient (Wildman–Crippen LogP) is 4.60. The van der Waals surface area contributed by atoms with Gasteiger partial charge in [0.05, 0.1) is 10.7 Å². The van der Waals surface area contributed by atoms with Crippen molar-refractivity contribution in [3.63, 3.8) is 0 Å². The number of benzene rings is 1. The van der Waals surface area contributed by atoms with Gasteiger partial charge in [-0.1, -0.05) is 18.2 Å². The molecule has 1 aromatic rings. The maximum absolute atomic E-state index is 13.6. The quantitative estimate of drug-likeness (QED) is 0.799. The summed E-state index contributed by atoms with van der Waals surface area (Å²) in [6.07, 6.45) is 5.50. The minimum absolute atomic E-state index is 0.00217. The number of hydrogen-bond donors (Lipinski definition) is 1. The van der Waals surface area contributed by atoms with Gasteiger partial charge in [0.25, 0.3) is 5.91 Å². The lowest BCUT2D eigenvalue weighted by molar-refractivity contribution is -0.119. The molecule has 0 fully saturated rings. The first kappa shape index (κ1) is 19.0. The standard InChI is InChI=1S/C20H19F2N3O2S/c21-11-6-7-14(13(22)10-11)23-17(26)9-8-16-24-19(27)18-12-4-2-1-3-5-15(12)28-20(18)25-16/h6-7,10,18H,1-5,8-9H2,(H,23,26). The van der Waals surface area contributed by atoms with Crippen molar-refractivity contribution in [1.29, 1.82) is 0 Å². The Hall–Kier alpha value is -2.35. The molecule has 28 heavy (non-hydrogen) atoms. The molecule has 0 spiro atoms. The highest BCUT2D eigenvalue weighted by atomic mass is 32.2. The van der Waals surface area contributed by atoms with Crippen molar-refractivity contribution >= 4 is 40.1 Å². The van der Waals surface area contributed by atoms with E-state index >= 15 is 0 Å². The number of nitrogens with one attached hydrogen (secondary N) is 1. The summed E-state index contributed by atoms with van der Waals surface area (Å²) in [4.78, 5) is 34.5. The van der Waals surface area contributed by atoms with Crippen molar-refractivity contribution in [3.8, 4) is 0 Å². The summed E-state index contributed by atoms with van der Waals surface area (Å²) in [6.45, 7) is 0. The van der Waals surface area contributed by atoms with Crippen LogP contribution in [0.3, 0.4) is 0 Å². The zero-order chi connectivity index (χ0) is 19.7. The Morgan fingerprint density at radius 3 is 2.82 bits per heavy atom. The van der Waals surface area contributed by atoms with E-state index in [-0.39, 0.29) is 30.4 Å². The molecule has 4 rings (SSSR count). The van der Waals surface area contributed by atoms with Crippen LogP contribution in [0.25, 0.3) is 0 Å². The van der Waals surface area contributed by atoms with Gasteiger partial charge in [0.1, 0.15) is 23.4 Å². The zero-order valence-corrected chi connectivity index (χ0v) is 16.0. The maximum Gasteiger partial charge on any atom is 0.261 e. The van der Waals surface area contributed by atoms with Crippen molar-refractivity contribution in [2.45, 2.75) is 44.9 Å². The van der Waals surface area contributed by atoms with Crippen LogP contribution in [0.15, 0.2) is 38.7 Å². The first-order valence-electron chi connectivity index (χ1n) is 9.36. The third kappa shape index (κ3) is 3.92. The average molecular weight is 403 g/mol. The van der Waals surface area contributed by atoms with E-state index in [0.29, 0.717) is 11.9 Å². The van der Waals surface area contributed by atoms with Crippen LogP contribution in [-0.4, -0.2) is 22.7 Å². The Kier molecular flexibility index (Phi) is 5.39. The highest BCUT2D eigenvalue weighted by Crippen LogP contribution is 2.46. The Bertz CT molecular complexity index is 939. The van der Waals surface area contributed by atoms with E-state index in [1.54, 1.807) is 11.8 Å². The molecule has 0 saturated carbocycles. The minimum atomic E-state index is -0.837. The van der Waals surface area contributed by atoms with Gasteiger partial charge in [-0.2, -0.15) is 4.99 Å². The summed E-state index contributed by atoms with van der Waals surface area (Å²) in [7, 11) is 0. The predicted molar refractivity (Wildman–Crippen MR) is 105 cm³/mol. The third-order valence-corrected chi connectivity index (χ3v) is 6.29. The molecule has 0 radical (unpaired) electrons. The fourth-order valence-corrected chi connectivity index (χ4v) is 5.02. The van der Waals surface area contributed by atoms with E-state index in [1.165, 1.54) is 23.0 Å². The molecule has 2 amide bonds. The number of nitrogens with zero attached hydrogens (tertiary/aromatic N) is 2.